The van der Waals surface area contributed by atoms with Gasteiger partial charge in [-0.15, -0.1) is 0 Å². The van der Waals surface area contributed by atoms with E-state index in [1.165, 1.54) is 23.1 Å². The molecular formula is C15H12ClF2N3O2. The van der Waals surface area contributed by atoms with Crippen LogP contribution in [0.3, 0.4) is 0 Å². The number of halogens is 3. The lowest BCUT2D eigenvalue weighted by Crippen LogP contribution is -2.32. The molecule has 1 unspecified atom stereocenters. The summed E-state index contributed by atoms with van der Waals surface area (Å²) in [5.74, 6) is -1.71. The van der Waals surface area contributed by atoms with Crippen LogP contribution in [0.1, 0.15) is 16.8 Å². The molecule has 5 nitrogen and oxygen atoms in total. The first-order valence-electron chi connectivity index (χ1n) is 6.92. The molecule has 1 fully saturated rings. The van der Waals surface area contributed by atoms with Gasteiger partial charge in [-0.2, -0.15) is 0 Å². The SMILES string of the molecule is O=C(c1c(F)cccc1Cl)N1CCC(Oc2ncc(F)cn2)C1. The van der Waals surface area contributed by atoms with E-state index in [9.17, 15) is 13.6 Å². The minimum atomic E-state index is -0.659. The second-order valence-corrected chi connectivity index (χ2v) is 5.47. The molecule has 0 saturated carbocycles. The van der Waals surface area contributed by atoms with Crippen molar-refractivity contribution in [2.45, 2.75) is 12.5 Å². The second kappa shape index (κ2) is 6.45. The third-order valence-corrected chi connectivity index (χ3v) is 3.79. The van der Waals surface area contributed by atoms with Gasteiger partial charge < -0.3 is 9.64 Å². The van der Waals surface area contributed by atoms with Crippen LogP contribution in [0.4, 0.5) is 8.78 Å². The molecule has 8 heteroatoms. The molecule has 1 amide bonds. The monoisotopic (exact) mass is 339 g/mol. The fourth-order valence-electron chi connectivity index (χ4n) is 2.38. The molecule has 120 valence electrons. The lowest BCUT2D eigenvalue weighted by atomic mass is 10.2. The highest BCUT2D eigenvalue weighted by molar-refractivity contribution is 6.33. The van der Waals surface area contributed by atoms with E-state index < -0.39 is 17.5 Å². The van der Waals surface area contributed by atoms with E-state index in [1.54, 1.807) is 0 Å². The standard InChI is InChI=1S/C15H12ClF2N3O2/c16-11-2-1-3-12(18)13(11)14(22)21-5-4-10(8-21)23-15-19-6-9(17)7-20-15/h1-3,6-7,10H,4-5,8H2. The van der Waals surface area contributed by atoms with Crippen molar-refractivity contribution in [1.29, 1.82) is 0 Å². The molecule has 2 aromatic rings. The Morgan fingerprint density at radius 1 is 1.30 bits per heavy atom. The van der Waals surface area contributed by atoms with Crippen molar-refractivity contribution in [2.75, 3.05) is 13.1 Å². The highest BCUT2D eigenvalue weighted by atomic mass is 35.5. The van der Waals surface area contributed by atoms with E-state index in [1.807, 2.05) is 0 Å². The number of amides is 1. The van der Waals surface area contributed by atoms with Crippen LogP contribution in [0.25, 0.3) is 0 Å². The largest absolute Gasteiger partial charge is 0.458 e. The van der Waals surface area contributed by atoms with Crippen molar-refractivity contribution in [2.24, 2.45) is 0 Å². The molecule has 0 bridgehead atoms. The number of nitrogens with zero attached hydrogens (tertiary/aromatic N) is 3. The first-order chi connectivity index (χ1) is 11.0. The predicted molar refractivity (Wildman–Crippen MR) is 78.3 cm³/mol. The average molecular weight is 340 g/mol. The maximum Gasteiger partial charge on any atom is 0.316 e. The third kappa shape index (κ3) is 3.39. The summed E-state index contributed by atoms with van der Waals surface area (Å²) in [5, 5.41) is 0.0706. The van der Waals surface area contributed by atoms with Crippen LogP contribution in [-0.4, -0.2) is 40.0 Å². The number of hydrogen-bond acceptors (Lipinski definition) is 4. The Hall–Kier alpha value is -2.28. The van der Waals surface area contributed by atoms with Crippen LogP contribution in [0, 0.1) is 11.6 Å². The molecule has 1 aliphatic heterocycles. The van der Waals surface area contributed by atoms with Crippen LogP contribution < -0.4 is 4.74 Å². The van der Waals surface area contributed by atoms with Crippen LogP contribution in [0.15, 0.2) is 30.6 Å². The second-order valence-electron chi connectivity index (χ2n) is 5.06. The van der Waals surface area contributed by atoms with Crippen molar-refractivity contribution in [1.82, 2.24) is 14.9 Å². The summed E-state index contributed by atoms with van der Waals surface area (Å²) in [4.78, 5) is 21.3. The maximum absolute atomic E-state index is 13.8. The Labute approximate surface area is 135 Å². The number of benzene rings is 1. The zero-order chi connectivity index (χ0) is 16.4. The van der Waals surface area contributed by atoms with Gasteiger partial charge in [-0.25, -0.2) is 18.7 Å². The van der Waals surface area contributed by atoms with E-state index in [0.29, 0.717) is 13.0 Å². The van der Waals surface area contributed by atoms with E-state index in [0.717, 1.165) is 12.4 Å². The summed E-state index contributed by atoms with van der Waals surface area (Å²) in [6, 6.07) is 4.13. The molecular weight excluding hydrogens is 328 g/mol. The molecule has 1 saturated heterocycles. The van der Waals surface area contributed by atoms with Crippen LogP contribution in [0.5, 0.6) is 6.01 Å². The summed E-state index contributed by atoms with van der Waals surface area (Å²) in [6.07, 6.45) is 2.20. The van der Waals surface area contributed by atoms with Gasteiger partial charge in [0, 0.05) is 13.0 Å². The Morgan fingerprint density at radius 2 is 2.04 bits per heavy atom. The van der Waals surface area contributed by atoms with Crippen LogP contribution in [-0.2, 0) is 0 Å². The van der Waals surface area contributed by atoms with Gasteiger partial charge in [0.15, 0.2) is 5.82 Å². The Balaban J connectivity index is 1.67. The Kier molecular flexibility index (Phi) is 4.38. The normalized spacial score (nSPS) is 17.3. The van der Waals surface area contributed by atoms with Crippen molar-refractivity contribution in [3.05, 3.63) is 52.8 Å². The summed E-state index contributed by atoms with van der Waals surface area (Å²) in [5.41, 5.74) is -0.146. The third-order valence-electron chi connectivity index (χ3n) is 3.48. The summed E-state index contributed by atoms with van der Waals surface area (Å²) < 4.78 is 32.1. The van der Waals surface area contributed by atoms with Gasteiger partial charge in [0.25, 0.3) is 5.91 Å². The highest BCUT2D eigenvalue weighted by Crippen LogP contribution is 2.23. The lowest BCUT2D eigenvalue weighted by molar-refractivity contribution is 0.0765. The van der Waals surface area contributed by atoms with E-state index in [4.69, 9.17) is 16.3 Å². The number of ether oxygens (including phenoxy) is 1. The Morgan fingerprint density at radius 3 is 2.74 bits per heavy atom. The molecule has 0 N–H and O–H groups in total. The fraction of sp³-hybridized carbons (Fsp3) is 0.267. The molecule has 1 aliphatic rings. The first kappa shape index (κ1) is 15.6. The lowest BCUT2D eigenvalue weighted by Gasteiger charge is -2.17. The van der Waals surface area contributed by atoms with Crippen molar-refractivity contribution < 1.29 is 18.3 Å². The average Bonchev–Trinajstić information content (AvgIpc) is 2.98. The number of rotatable bonds is 3. The highest BCUT2D eigenvalue weighted by Gasteiger charge is 2.31. The molecule has 23 heavy (non-hydrogen) atoms. The number of aromatic nitrogens is 2. The van der Waals surface area contributed by atoms with Crippen molar-refractivity contribution in [3.63, 3.8) is 0 Å². The number of likely N-dealkylation sites (tertiary alicyclic amines) is 1. The number of carbonyl (C=O) groups is 1. The minimum Gasteiger partial charge on any atom is -0.458 e. The van der Waals surface area contributed by atoms with Crippen molar-refractivity contribution >= 4 is 17.5 Å². The van der Waals surface area contributed by atoms with Gasteiger partial charge in [0.2, 0.25) is 0 Å². The van der Waals surface area contributed by atoms with E-state index in [-0.39, 0.29) is 29.2 Å². The summed E-state index contributed by atoms with van der Waals surface area (Å²) >= 11 is 5.91. The van der Waals surface area contributed by atoms with E-state index >= 15 is 0 Å². The maximum atomic E-state index is 13.8. The zero-order valence-corrected chi connectivity index (χ0v) is 12.6. The quantitative estimate of drug-likeness (QED) is 0.862. The van der Waals surface area contributed by atoms with Gasteiger partial charge in [-0.05, 0) is 12.1 Å². The first-order valence-corrected chi connectivity index (χ1v) is 7.30. The van der Waals surface area contributed by atoms with Gasteiger partial charge in [-0.1, -0.05) is 17.7 Å². The topological polar surface area (TPSA) is 55.3 Å². The smallest absolute Gasteiger partial charge is 0.316 e. The van der Waals surface area contributed by atoms with Crippen LogP contribution in [0.2, 0.25) is 5.02 Å². The summed E-state index contributed by atoms with van der Waals surface area (Å²) in [6.45, 7) is 0.652. The zero-order valence-electron chi connectivity index (χ0n) is 11.9. The minimum absolute atomic E-state index is 0.0367. The van der Waals surface area contributed by atoms with Gasteiger partial charge in [0.05, 0.1) is 29.5 Å². The molecule has 1 atom stereocenters. The number of carbonyl (C=O) groups excluding carboxylic acids is 1. The fourth-order valence-corrected chi connectivity index (χ4v) is 2.62. The molecule has 3 rings (SSSR count). The van der Waals surface area contributed by atoms with E-state index in [2.05, 4.69) is 9.97 Å². The van der Waals surface area contributed by atoms with Gasteiger partial charge in [-0.3, -0.25) is 4.79 Å². The van der Waals surface area contributed by atoms with Gasteiger partial charge >= 0.3 is 6.01 Å². The molecule has 0 spiro atoms. The number of hydrogen-bond donors (Lipinski definition) is 0. The Bertz CT molecular complexity index is 707. The molecule has 1 aromatic heterocycles. The molecule has 0 radical (unpaired) electrons. The molecule has 1 aromatic carbocycles. The van der Waals surface area contributed by atoms with Gasteiger partial charge in [0.1, 0.15) is 11.9 Å². The summed E-state index contributed by atoms with van der Waals surface area (Å²) in [7, 11) is 0. The van der Waals surface area contributed by atoms with Crippen molar-refractivity contribution in [3.8, 4) is 6.01 Å². The molecule has 2 heterocycles. The predicted octanol–water partition coefficient (Wildman–Crippen LogP) is 2.70. The van der Waals surface area contributed by atoms with Crippen LogP contribution >= 0.6 is 11.6 Å². The molecule has 0 aliphatic carbocycles.